The molecule has 6 heterocycles. The van der Waals surface area contributed by atoms with Crippen molar-refractivity contribution in [2.75, 3.05) is 5.32 Å². The van der Waals surface area contributed by atoms with E-state index < -0.39 is 0 Å². The Morgan fingerprint density at radius 3 is 2.83 bits per heavy atom. The van der Waals surface area contributed by atoms with Crippen LogP contribution in [0.25, 0.3) is 55.4 Å². The second kappa shape index (κ2) is 8.02. The highest BCUT2D eigenvalue weighted by molar-refractivity contribution is 7.14. The number of imidazole rings is 1. The van der Waals surface area contributed by atoms with Crippen LogP contribution in [0.3, 0.4) is 0 Å². The van der Waals surface area contributed by atoms with Crippen LogP contribution in [0.1, 0.15) is 12.8 Å². The number of halogens is 1. The first-order valence-electron chi connectivity index (χ1n) is 11.3. The summed E-state index contributed by atoms with van der Waals surface area (Å²) in [5.41, 5.74) is 6.00. The Labute approximate surface area is 206 Å². The van der Waals surface area contributed by atoms with E-state index in [1.807, 2.05) is 24.3 Å². The highest BCUT2D eigenvalue weighted by Gasteiger charge is 2.29. The number of aromatic nitrogens is 7. The second-order valence-electron chi connectivity index (χ2n) is 8.64. The van der Waals surface area contributed by atoms with Crippen LogP contribution < -0.4 is 5.32 Å². The Bertz CT molecular complexity index is 1780. The fourth-order valence-electron chi connectivity index (χ4n) is 4.14. The molecular weight excluding hydrogens is 479 g/mol. The average Bonchev–Trinajstić information content (AvgIpc) is 3.30. The van der Waals surface area contributed by atoms with Gasteiger partial charge in [0.2, 0.25) is 5.91 Å². The van der Waals surface area contributed by atoms with E-state index in [1.165, 1.54) is 6.07 Å². The second-order valence-corrected chi connectivity index (χ2v) is 9.67. The Hall–Kier alpha value is -4.51. The van der Waals surface area contributed by atoms with E-state index in [2.05, 4.69) is 30.5 Å². The number of H-pyrrole nitrogens is 2. The number of carbonyl (C=O) groups is 1. The summed E-state index contributed by atoms with van der Waals surface area (Å²) in [5, 5.41) is 10.1. The number of hydrogen-bond acceptors (Lipinski definition) is 7. The molecule has 7 rings (SSSR count). The molecule has 1 aliphatic carbocycles. The average molecular weight is 497 g/mol. The molecule has 1 fully saturated rings. The van der Waals surface area contributed by atoms with Crippen LogP contribution in [0, 0.1) is 11.0 Å². The highest BCUT2D eigenvalue weighted by atomic mass is 32.1. The summed E-state index contributed by atoms with van der Waals surface area (Å²) < 4.78 is 13.6. The number of nitrogens with zero attached hydrogens (tertiary/aromatic N) is 5. The lowest BCUT2D eigenvalue weighted by molar-refractivity contribution is -0.117. The van der Waals surface area contributed by atoms with E-state index in [1.54, 1.807) is 24.7 Å². The number of amides is 1. The van der Waals surface area contributed by atoms with Crippen molar-refractivity contribution in [2.24, 2.45) is 5.92 Å². The van der Waals surface area contributed by atoms with E-state index >= 15 is 0 Å². The third-order valence-corrected chi connectivity index (χ3v) is 7.01. The number of fused-ring (bicyclic) bond motifs is 2. The van der Waals surface area contributed by atoms with Crippen LogP contribution in [0.15, 0.2) is 55.0 Å². The molecule has 0 spiro atoms. The monoisotopic (exact) mass is 496 g/mol. The summed E-state index contributed by atoms with van der Waals surface area (Å²) in [6, 6.07) is 10.6. The minimum Gasteiger partial charge on any atom is -0.324 e. The SMILES string of the molecule is O=C(Nc1cncc(-c2ccc3[nH]nc(-c4nc5c(-c6ccc(F)s6)ccnc5[nH]4)c3n2)c1)C1CC1. The van der Waals surface area contributed by atoms with Gasteiger partial charge in [-0.05, 0) is 49.2 Å². The van der Waals surface area contributed by atoms with E-state index in [4.69, 9.17) is 9.97 Å². The van der Waals surface area contributed by atoms with E-state index in [0.29, 0.717) is 39.6 Å². The maximum atomic E-state index is 13.6. The Kier molecular flexibility index (Phi) is 4.64. The van der Waals surface area contributed by atoms with Crippen molar-refractivity contribution in [1.29, 1.82) is 0 Å². The Morgan fingerprint density at radius 1 is 1.08 bits per heavy atom. The minimum absolute atomic E-state index is 0.0256. The van der Waals surface area contributed by atoms with Crippen LogP contribution in [0.2, 0.25) is 0 Å². The standard InChI is InChI=1S/C25H17FN8OS/c26-19-6-5-18(36-19)15-7-8-28-23-20(15)31-24(32-23)22-21-17(33-34-22)4-3-16(30-21)13-9-14(11-27-10-13)29-25(35)12-1-2-12/h3-12H,1-2H2,(H,29,35)(H,33,34)(H,28,31,32). The zero-order valence-corrected chi connectivity index (χ0v) is 19.4. The van der Waals surface area contributed by atoms with Crippen molar-refractivity contribution in [2.45, 2.75) is 12.8 Å². The summed E-state index contributed by atoms with van der Waals surface area (Å²) in [6.45, 7) is 0. The van der Waals surface area contributed by atoms with Gasteiger partial charge in [-0.1, -0.05) is 0 Å². The summed E-state index contributed by atoms with van der Waals surface area (Å²) in [6.07, 6.45) is 6.87. The predicted molar refractivity (Wildman–Crippen MR) is 135 cm³/mol. The molecule has 0 saturated heterocycles. The van der Waals surface area contributed by atoms with Crippen LogP contribution in [0.4, 0.5) is 10.1 Å². The molecule has 0 atom stereocenters. The number of hydrogen-bond donors (Lipinski definition) is 3. The first-order chi connectivity index (χ1) is 17.6. The maximum Gasteiger partial charge on any atom is 0.227 e. The van der Waals surface area contributed by atoms with Gasteiger partial charge in [0.05, 0.1) is 23.1 Å². The molecule has 6 aromatic heterocycles. The van der Waals surface area contributed by atoms with Gasteiger partial charge < -0.3 is 10.3 Å². The number of anilines is 1. The molecule has 0 aliphatic heterocycles. The summed E-state index contributed by atoms with van der Waals surface area (Å²) in [4.78, 5) is 34.4. The fourth-order valence-corrected chi connectivity index (χ4v) is 4.90. The van der Waals surface area contributed by atoms with Gasteiger partial charge in [0.1, 0.15) is 11.0 Å². The lowest BCUT2D eigenvalue weighted by atomic mass is 10.1. The zero-order chi connectivity index (χ0) is 24.2. The summed E-state index contributed by atoms with van der Waals surface area (Å²) in [5.74, 6) is 0.633. The first kappa shape index (κ1) is 20.8. The van der Waals surface area contributed by atoms with Crippen LogP contribution >= 0.6 is 11.3 Å². The van der Waals surface area contributed by atoms with Gasteiger partial charge in [-0.25, -0.2) is 15.0 Å². The molecule has 1 aliphatic rings. The van der Waals surface area contributed by atoms with Gasteiger partial charge >= 0.3 is 0 Å². The van der Waals surface area contributed by atoms with Crippen molar-refractivity contribution in [1.82, 2.24) is 35.1 Å². The van der Waals surface area contributed by atoms with Crippen molar-refractivity contribution >= 4 is 45.1 Å². The van der Waals surface area contributed by atoms with Crippen molar-refractivity contribution in [3.05, 3.63) is 60.1 Å². The molecule has 6 aromatic rings. The number of carbonyl (C=O) groups excluding carboxylic acids is 1. The summed E-state index contributed by atoms with van der Waals surface area (Å²) >= 11 is 1.06. The van der Waals surface area contributed by atoms with E-state index in [0.717, 1.165) is 45.7 Å². The van der Waals surface area contributed by atoms with Crippen LogP contribution in [-0.2, 0) is 4.79 Å². The largest absolute Gasteiger partial charge is 0.324 e. The Balaban J connectivity index is 1.28. The molecule has 0 radical (unpaired) electrons. The molecule has 9 nitrogen and oxygen atoms in total. The van der Waals surface area contributed by atoms with Crippen LogP contribution in [-0.4, -0.2) is 41.0 Å². The summed E-state index contributed by atoms with van der Waals surface area (Å²) in [7, 11) is 0. The van der Waals surface area contributed by atoms with Gasteiger partial charge in [-0.2, -0.15) is 9.49 Å². The molecule has 0 aromatic carbocycles. The molecule has 36 heavy (non-hydrogen) atoms. The predicted octanol–water partition coefficient (Wildman–Crippen LogP) is 5.17. The molecule has 11 heteroatoms. The van der Waals surface area contributed by atoms with Gasteiger partial charge in [0.15, 0.2) is 22.3 Å². The fraction of sp³-hybridized carbons (Fsp3) is 0.120. The topological polar surface area (TPSA) is 125 Å². The quantitative estimate of drug-likeness (QED) is 0.302. The molecule has 0 unspecified atom stereocenters. The molecule has 176 valence electrons. The highest BCUT2D eigenvalue weighted by Crippen LogP contribution is 2.34. The third kappa shape index (κ3) is 3.60. The number of pyridine rings is 3. The maximum absolute atomic E-state index is 13.6. The van der Waals surface area contributed by atoms with Gasteiger partial charge in [0, 0.05) is 34.3 Å². The zero-order valence-electron chi connectivity index (χ0n) is 18.6. The van der Waals surface area contributed by atoms with Gasteiger partial charge in [-0.3, -0.25) is 14.9 Å². The van der Waals surface area contributed by atoms with Gasteiger partial charge in [-0.15, -0.1) is 11.3 Å². The smallest absolute Gasteiger partial charge is 0.227 e. The van der Waals surface area contributed by atoms with Crippen LogP contribution in [0.5, 0.6) is 0 Å². The molecule has 0 bridgehead atoms. The van der Waals surface area contributed by atoms with Crippen molar-refractivity contribution < 1.29 is 9.18 Å². The minimum atomic E-state index is -0.258. The first-order valence-corrected chi connectivity index (χ1v) is 12.2. The van der Waals surface area contributed by atoms with Gasteiger partial charge in [0.25, 0.3) is 0 Å². The van der Waals surface area contributed by atoms with E-state index in [-0.39, 0.29) is 17.0 Å². The van der Waals surface area contributed by atoms with Crippen molar-refractivity contribution in [3.8, 4) is 33.2 Å². The number of aromatic amines is 2. The Morgan fingerprint density at radius 2 is 2.00 bits per heavy atom. The third-order valence-electron chi connectivity index (χ3n) is 6.11. The molecule has 1 saturated carbocycles. The van der Waals surface area contributed by atoms with E-state index in [9.17, 15) is 9.18 Å². The lowest BCUT2D eigenvalue weighted by Gasteiger charge is -2.06. The number of thiophene rings is 1. The molecular formula is C25H17FN8OS. The van der Waals surface area contributed by atoms with Crippen molar-refractivity contribution in [3.63, 3.8) is 0 Å². The number of rotatable bonds is 5. The molecule has 1 amide bonds. The number of nitrogens with one attached hydrogen (secondary N) is 3. The normalized spacial score (nSPS) is 13.5. The molecule has 3 N–H and O–H groups in total. The lowest BCUT2D eigenvalue weighted by Crippen LogP contribution is -2.13.